The van der Waals surface area contributed by atoms with Crippen LogP contribution in [-0.2, 0) is 4.74 Å². The number of benzene rings is 1. The molecule has 108 valence electrons. The van der Waals surface area contributed by atoms with Gasteiger partial charge in [-0.3, -0.25) is 5.32 Å². The number of guanidine groups is 2. The molecule has 20 heavy (non-hydrogen) atoms. The van der Waals surface area contributed by atoms with E-state index in [1.807, 2.05) is 0 Å². The van der Waals surface area contributed by atoms with Gasteiger partial charge in [-0.15, -0.1) is 0 Å². The molecule has 9 heteroatoms. The molecular weight excluding hydrogens is 264 g/mol. The first-order valence-electron chi connectivity index (χ1n) is 5.43. The minimum atomic E-state index is -0.612. The molecule has 0 bridgehead atoms. The van der Waals surface area contributed by atoms with Crippen LogP contribution < -0.4 is 27.3 Å². The molecule has 0 aliphatic heterocycles. The third-order valence-corrected chi connectivity index (χ3v) is 2.09. The van der Waals surface area contributed by atoms with Crippen molar-refractivity contribution in [3.8, 4) is 5.75 Å². The number of aliphatic imine (C=N–C) groups is 2. The number of ether oxygens (including phenoxy) is 2. The maximum Gasteiger partial charge on any atom is 0.411 e. The standard InChI is InChI=1S/C11H16N6O3/c1-19-8-5-6(15-10(14)17-9(12)13)3-4-7(8)16-11(18)20-2/h3-5H,1-2H3,(H,16,18)(H6,12,13,14,15,17). The van der Waals surface area contributed by atoms with Gasteiger partial charge in [0.05, 0.1) is 25.6 Å². The maximum absolute atomic E-state index is 11.2. The Morgan fingerprint density at radius 2 is 1.95 bits per heavy atom. The number of nitrogens with one attached hydrogen (secondary N) is 1. The number of carbonyl (C=O) groups is 1. The van der Waals surface area contributed by atoms with E-state index in [0.717, 1.165) is 0 Å². The van der Waals surface area contributed by atoms with Crippen LogP contribution in [0.5, 0.6) is 5.75 Å². The molecule has 9 nitrogen and oxygen atoms in total. The summed E-state index contributed by atoms with van der Waals surface area (Å²) in [6, 6.07) is 4.74. The first kappa shape index (κ1) is 15.1. The molecule has 0 aliphatic rings. The van der Waals surface area contributed by atoms with Gasteiger partial charge < -0.3 is 26.7 Å². The van der Waals surface area contributed by atoms with E-state index >= 15 is 0 Å². The molecule has 0 atom stereocenters. The predicted octanol–water partition coefficient (Wildman–Crippen LogP) is 0.0931. The number of amides is 1. The molecule has 1 aromatic carbocycles. The number of nitrogens with two attached hydrogens (primary N) is 3. The van der Waals surface area contributed by atoms with Crippen LogP contribution in [0.2, 0.25) is 0 Å². The summed E-state index contributed by atoms with van der Waals surface area (Å²) in [6.07, 6.45) is -0.612. The molecular formula is C11H16N6O3. The van der Waals surface area contributed by atoms with Gasteiger partial charge in [0, 0.05) is 6.07 Å². The highest BCUT2D eigenvalue weighted by Crippen LogP contribution is 2.29. The second kappa shape index (κ2) is 6.83. The molecule has 0 heterocycles. The van der Waals surface area contributed by atoms with E-state index < -0.39 is 6.09 Å². The summed E-state index contributed by atoms with van der Waals surface area (Å²) in [5.41, 5.74) is 16.8. The van der Waals surface area contributed by atoms with Crippen LogP contribution in [0.25, 0.3) is 0 Å². The normalized spacial score (nSPS) is 10.6. The molecule has 0 saturated carbocycles. The number of nitrogens with zero attached hydrogens (tertiary/aromatic N) is 2. The van der Waals surface area contributed by atoms with Crippen molar-refractivity contribution in [2.45, 2.75) is 0 Å². The van der Waals surface area contributed by atoms with Gasteiger partial charge in [0.15, 0.2) is 5.96 Å². The molecule has 0 aromatic heterocycles. The van der Waals surface area contributed by atoms with Crippen molar-refractivity contribution in [1.82, 2.24) is 0 Å². The second-order valence-electron chi connectivity index (χ2n) is 3.51. The molecule has 0 radical (unpaired) electrons. The number of hydrogen-bond acceptors (Lipinski definition) is 4. The number of anilines is 1. The lowest BCUT2D eigenvalue weighted by Crippen LogP contribution is -2.26. The van der Waals surface area contributed by atoms with E-state index in [1.165, 1.54) is 14.2 Å². The fraction of sp³-hybridized carbons (Fsp3) is 0.182. The van der Waals surface area contributed by atoms with Crippen LogP contribution in [0.1, 0.15) is 0 Å². The Labute approximate surface area is 115 Å². The molecule has 7 N–H and O–H groups in total. The van der Waals surface area contributed by atoms with Crippen LogP contribution in [0.15, 0.2) is 28.2 Å². The molecule has 0 spiro atoms. The minimum Gasteiger partial charge on any atom is -0.494 e. The molecule has 1 rings (SSSR count). The highest BCUT2D eigenvalue weighted by atomic mass is 16.5. The van der Waals surface area contributed by atoms with E-state index in [9.17, 15) is 4.79 Å². The Hall–Kier alpha value is -2.97. The van der Waals surface area contributed by atoms with Gasteiger partial charge in [-0.05, 0) is 12.1 Å². The van der Waals surface area contributed by atoms with Crippen molar-refractivity contribution >= 4 is 29.4 Å². The van der Waals surface area contributed by atoms with Gasteiger partial charge in [0.25, 0.3) is 0 Å². The molecule has 0 unspecified atom stereocenters. The summed E-state index contributed by atoms with van der Waals surface area (Å²) in [6.45, 7) is 0. The zero-order chi connectivity index (χ0) is 15.1. The topological polar surface area (TPSA) is 150 Å². The highest BCUT2D eigenvalue weighted by molar-refractivity contribution is 5.94. The summed E-state index contributed by atoms with van der Waals surface area (Å²) in [7, 11) is 2.71. The van der Waals surface area contributed by atoms with Crippen molar-refractivity contribution in [2.75, 3.05) is 19.5 Å². The Morgan fingerprint density at radius 3 is 2.50 bits per heavy atom. The van der Waals surface area contributed by atoms with Gasteiger partial charge in [-0.1, -0.05) is 0 Å². The third-order valence-electron chi connectivity index (χ3n) is 2.09. The molecule has 0 aliphatic carbocycles. The fourth-order valence-electron chi connectivity index (χ4n) is 1.30. The van der Waals surface area contributed by atoms with Crippen LogP contribution in [0, 0.1) is 0 Å². The third kappa shape index (κ3) is 4.37. The summed E-state index contributed by atoms with van der Waals surface area (Å²) >= 11 is 0. The van der Waals surface area contributed by atoms with Gasteiger partial charge in [-0.25, -0.2) is 9.79 Å². The summed E-state index contributed by atoms with van der Waals surface area (Å²) in [4.78, 5) is 18.7. The van der Waals surface area contributed by atoms with Crippen molar-refractivity contribution in [1.29, 1.82) is 0 Å². The molecule has 0 fully saturated rings. The number of rotatable bonds is 3. The monoisotopic (exact) mass is 280 g/mol. The predicted molar refractivity (Wildman–Crippen MR) is 76.1 cm³/mol. The van der Waals surface area contributed by atoms with E-state index in [4.69, 9.17) is 21.9 Å². The summed E-state index contributed by atoms with van der Waals surface area (Å²) in [5, 5.41) is 2.49. The van der Waals surface area contributed by atoms with E-state index in [-0.39, 0.29) is 11.9 Å². The zero-order valence-electron chi connectivity index (χ0n) is 11.1. The van der Waals surface area contributed by atoms with Crippen molar-refractivity contribution in [3.05, 3.63) is 18.2 Å². The Kier molecular flexibility index (Phi) is 5.15. The average molecular weight is 280 g/mol. The Bertz CT molecular complexity index is 551. The minimum absolute atomic E-state index is 0.0965. The smallest absolute Gasteiger partial charge is 0.411 e. The zero-order valence-corrected chi connectivity index (χ0v) is 11.1. The van der Waals surface area contributed by atoms with Crippen molar-refractivity contribution in [2.24, 2.45) is 27.2 Å². The lowest BCUT2D eigenvalue weighted by Gasteiger charge is -2.09. The Balaban J connectivity index is 3.03. The molecule has 0 saturated heterocycles. The van der Waals surface area contributed by atoms with E-state index in [0.29, 0.717) is 17.1 Å². The SMILES string of the molecule is COC(=O)Nc1ccc(N=C(N)N=C(N)N)cc1OC. The van der Waals surface area contributed by atoms with Crippen LogP contribution in [0.4, 0.5) is 16.2 Å². The van der Waals surface area contributed by atoms with Crippen LogP contribution >= 0.6 is 0 Å². The van der Waals surface area contributed by atoms with Gasteiger partial charge in [0.2, 0.25) is 5.96 Å². The van der Waals surface area contributed by atoms with Crippen molar-refractivity contribution in [3.63, 3.8) is 0 Å². The number of hydrogen-bond donors (Lipinski definition) is 4. The van der Waals surface area contributed by atoms with Crippen LogP contribution in [-0.4, -0.2) is 32.2 Å². The van der Waals surface area contributed by atoms with E-state index in [1.54, 1.807) is 18.2 Å². The lowest BCUT2D eigenvalue weighted by atomic mass is 10.2. The first-order valence-corrected chi connectivity index (χ1v) is 5.43. The number of carbonyl (C=O) groups excluding carboxylic acids is 1. The van der Waals surface area contributed by atoms with Crippen LogP contribution in [0.3, 0.4) is 0 Å². The van der Waals surface area contributed by atoms with Gasteiger partial charge in [-0.2, -0.15) is 4.99 Å². The fourth-order valence-corrected chi connectivity index (χ4v) is 1.30. The van der Waals surface area contributed by atoms with Gasteiger partial charge >= 0.3 is 6.09 Å². The summed E-state index contributed by atoms with van der Waals surface area (Å²) < 4.78 is 9.62. The summed E-state index contributed by atoms with van der Waals surface area (Å²) in [5.74, 6) is 0.0945. The average Bonchev–Trinajstić information content (AvgIpc) is 2.39. The molecule has 1 amide bonds. The largest absolute Gasteiger partial charge is 0.494 e. The lowest BCUT2D eigenvalue weighted by molar-refractivity contribution is 0.187. The second-order valence-corrected chi connectivity index (χ2v) is 3.51. The molecule has 1 aromatic rings. The van der Waals surface area contributed by atoms with Gasteiger partial charge in [0.1, 0.15) is 5.75 Å². The Morgan fingerprint density at radius 1 is 1.25 bits per heavy atom. The quantitative estimate of drug-likeness (QED) is 0.455. The maximum atomic E-state index is 11.2. The highest BCUT2D eigenvalue weighted by Gasteiger charge is 2.08. The number of methoxy groups -OCH3 is 2. The van der Waals surface area contributed by atoms with E-state index in [2.05, 4.69) is 20.0 Å². The van der Waals surface area contributed by atoms with Crippen molar-refractivity contribution < 1.29 is 14.3 Å². The first-order chi connectivity index (χ1) is 9.46.